The van der Waals surface area contributed by atoms with Crippen molar-refractivity contribution in [2.24, 2.45) is 16.5 Å². The van der Waals surface area contributed by atoms with Gasteiger partial charge >= 0.3 is 0 Å². The third kappa shape index (κ3) is 3.91. The first-order valence-electron chi connectivity index (χ1n) is 6.05. The van der Waals surface area contributed by atoms with E-state index in [-0.39, 0.29) is 18.7 Å². The first-order chi connectivity index (χ1) is 9.65. The fraction of sp³-hybridized carbons (Fsp3) is 0.231. The molecule has 1 aliphatic heterocycles. The minimum Gasteiger partial charge on any atom is -0.462 e. The highest BCUT2D eigenvalue weighted by atomic mass is 16.7. The first kappa shape index (κ1) is 13.7. The van der Waals surface area contributed by atoms with Crippen molar-refractivity contribution in [3.8, 4) is 0 Å². The van der Waals surface area contributed by atoms with Crippen LogP contribution in [0.1, 0.15) is 5.56 Å². The lowest BCUT2D eigenvalue weighted by Gasteiger charge is -2.22. The molecule has 0 atom stereocenters. The highest BCUT2D eigenvalue weighted by Gasteiger charge is 2.16. The molecule has 0 fully saturated rings. The summed E-state index contributed by atoms with van der Waals surface area (Å²) in [6, 6.07) is 9.75. The van der Waals surface area contributed by atoms with E-state index in [9.17, 15) is 0 Å². The number of nitrogens with zero attached hydrogens (tertiary/aromatic N) is 2. The lowest BCUT2D eigenvalue weighted by molar-refractivity contribution is 0.0755. The van der Waals surface area contributed by atoms with Gasteiger partial charge in [-0.05, 0) is 5.56 Å². The summed E-state index contributed by atoms with van der Waals surface area (Å²) in [5.74, 6) is 0.465. The molecule has 0 saturated heterocycles. The van der Waals surface area contributed by atoms with Crippen molar-refractivity contribution in [1.29, 1.82) is 5.41 Å². The largest absolute Gasteiger partial charge is 0.462 e. The van der Waals surface area contributed by atoms with Gasteiger partial charge in [0, 0.05) is 6.54 Å². The first-order valence-corrected chi connectivity index (χ1v) is 6.05. The molecule has 7 nitrogen and oxygen atoms in total. The van der Waals surface area contributed by atoms with Crippen molar-refractivity contribution in [3.63, 3.8) is 0 Å². The van der Waals surface area contributed by atoms with Crippen LogP contribution in [-0.4, -0.2) is 30.2 Å². The van der Waals surface area contributed by atoms with Gasteiger partial charge in [0.05, 0.1) is 6.54 Å². The number of hydrogen-bond acceptors (Lipinski definition) is 3. The second-order valence-electron chi connectivity index (χ2n) is 4.21. The fourth-order valence-electron chi connectivity index (χ4n) is 1.74. The molecule has 0 bridgehead atoms. The van der Waals surface area contributed by atoms with E-state index >= 15 is 0 Å². The molecule has 0 aliphatic carbocycles. The molecule has 2 rings (SSSR count). The van der Waals surface area contributed by atoms with Gasteiger partial charge < -0.3 is 25.8 Å². The fourth-order valence-corrected chi connectivity index (χ4v) is 1.74. The Morgan fingerprint density at radius 3 is 2.60 bits per heavy atom. The van der Waals surface area contributed by atoms with E-state index in [4.69, 9.17) is 26.4 Å². The second kappa shape index (κ2) is 6.46. The zero-order chi connectivity index (χ0) is 14.4. The Morgan fingerprint density at radius 1 is 1.25 bits per heavy atom. The van der Waals surface area contributed by atoms with Crippen molar-refractivity contribution >= 4 is 11.9 Å². The lowest BCUT2D eigenvalue weighted by atomic mass is 10.2. The Balaban J connectivity index is 2.10. The van der Waals surface area contributed by atoms with Crippen LogP contribution in [0.2, 0.25) is 0 Å². The van der Waals surface area contributed by atoms with E-state index in [1.807, 2.05) is 30.3 Å². The van der Waals surface area contributed by atoms with Crippen LogP contribution in [0.4, 0.5) is 0 Å². The predicted octanol–water partition coefficient (Wildman–Crippen LogP) is 0.542. The van der Waals surface area contributed by atoms with E-state index < -0.39 is 0 Å². The maximum atomic E-state index is 7.94. The van der Waals surface area contributed by atoms with E-state index in [2.05, 4.69) is 4.99 Å². The van der Waals surface area contributed by atoms with Crippen LogP contribution in [0.25, 0.3) is 0 Å². The van der Waals surface area contributed by atoms with Gasteiger partial charge in [-0.1, -0.05) is 30.3 Å². The molecular weight excluding hydrogens is 258 g/mol. The third-order valence-electron chi connectivity index (χ3n) is 2.62. The van der Waals surface area contributed by atoms with Crippen LogP contribution >= 0.6 is 0 Å². The molecule has 1 heterocycles. The van der Waals surface area contributed by atoms with Crippen LogP contribution in [-0.2, 0) is 16.0 Å². The SMILES string of the molecule is N=C(N=C(N)N)N(CC1=COCO1)Cc1ccccc1. The van der Waals surface area contributed by atoms with Crippen LogP contribution < -0.4 is 11.5 Å². The van der Waals surface area contributed by atoms with Crippen molar-refractivity contribution < 1.29 is 9.47 Å². The maximum absolute atomic E-state index is 7.94. The van der Waals surface area contributed by atoms with Gasteiger partial charge in [0.1, 0.15) is 6.26 Å². The van der Waals surface area contributed by atoms with Crippen LogP contribution in [0, 0.1) is 5.41 Å². The molecule has 0 unspecified atom stereocenters. The van der Waals surface area contributed by atoms with E-state index in [1.54, 1.807) is 4.90 Å². The summed E-state index contributed by atoms with van der Waals surface area (Å²) in [6.45, 7) is 1.06. The Bertz CT molecular complexity index is 523. The van der Waals surface area contributed by atoms with Gasteiger partial charge in [0.2, 0.25) is 12.8 Å². The summed E-state index contributed by atoms with van der Waals surface area (Å²) in [7, 11) is 0. The van der Waals surface area contributed by atoms with E-state index in [0.717, 1.165) is 5.56 Å². The third-order valence-corrected chi connectivity index (χ3v) is 2.62. The van der Waals surface area contributed by atoms with Gasteiger partial charge in [-0.15, -0.1) is 0 Å². The normalized spacial score (nSPS) is 12.9. The number of hydrogen-bond donors (Lipinski definition) is 3. The van der Waals surface area contributed by atoms with Crippen molar-refractivity contribution in [2.75, 3.05) is 13.3 Å². The molecule has 1 aromatic carbocycles. The highest BCUT2D eigenvalue weighted by molar-refractivity contribution is 5.91. The number of benzene rings is 1. The summed E-state index contributed by atoms with van der Waals surface area (Å²) in [6.07, 6.45) is 1.53. The maximum Gasteiger partial charge on any atom is 0.229 e. The average molecular weight is 275 g/mol. The zero-order valence-corrected chi connectivity index (χ0v) is 11.0. The number of guanidine groups is 2. The molecule has 106 valence electrons. The molecule has 7 heteroatoms. The molecule has 0 spiro atoms. The quantitative estimate of drug-likeness (QED) is 0.549. The highest BCUT2D eigenvalue weighted by Crippen LogP contribution is 2.12. The average Bonchev–Trinajstić information content (AvgIpc) is 2.91. The minimum absolute atomic E-state index is 0.0229. The number of ether oxygens (including phenoxy) is 2. The van der Waals surface area contributed by atoms with Gasteiger partial charge in [0.15, 0.2) is 11.7 Å². The number of rotatable bonds is 4. The standard InChI is InChI=1S/C13H17N5O2/c14-12(15)17-13(16)18(7-11-8-19-9-20-11)6-10-4-2-1-3-5-10/h1-5,8H,6-7,9H2,(H5,14,15,16,17). The molecule has 20 heavy (non-hydrogen) atoms. The smallest absolute Gasteiger partial charge is 0.229 e. The van der Waals surface area contributed by atoms with Gasteiger partial charge in [0.25, 0.3) is 0 Å². The molecule has 1 aromatic rings. The van der Waals surface area contributed by atoms with Gasteiger partial charge in [-0.2, -0.15) is 4.99 Å². The topological polar surface area (TPSA) is 110 Å². The van der Waals surface area contributed by atoms with Crippen molar-refractivity contribution in [1.82, 2.24) is 4.90 Å². The van der Waals surface area contributed by atoms with Crippen LogP contribution in [0.3, 0.4) is 0 Å². The molecule has 1 aliphatic rings. The van der Waals surface area contributed by atoms with Gasteiger partial charge in [-0.25, -0.2) is 0 Å². The molecule has 0 saturated carbocycles. The predicted molar refractivity (Wildman–Crippen MR) is 75.5 cm³/mol. The Labute approximate surface area is 117 Å². The van der Waals surface area contributed by atoms with Crippen LogP contribution in [0.15, 0.2) is 47.3 Å². The van der Waals surface area contributed by atoms with Crippen molar-refractivity contribution in [2.45, 2.75) is 6.54 Å². The monoisotopic (exact) mass is 275 g/mol. The molecule has 0 aromatic heterocycles. The number of nitrogens with two attached hydrogens (primary N) is 2. The molecule has 0 amide bonds. The summed E-state index contributed by atoms with van der Waals surface area (Å²) in [5, 5.41) is 7.94. The summed E-state index contributed by atoms with van der Waals surface area (Å²) in [5.41, 5.74) is 11.7. The Hall–Kier alpha value is -2.70. The second-order valence-corrected chi connectivity index (χ2v) is 4.21. The molecule has 5 N–H and O–H groups in total. The summed E-state index contributed by atoms with van der Waals surface area (Å²) >= 11 is 0. The number of aliphatic imine (C=N–C) groups is 1. The van der Waals surface area contributed by atoms with E-state index in [1.165, 1.54) is 6.26 Å². The minimum atomic E-state index is -0.148. The molecular formula is C13H17N5O2. The zero-order valence-electron chi connectivity index (χ0n) is 11.0. The lowest BCUT2D eigenvalue weighted by Crippen LogP contribution is -2.34. The van der Waals surface area contributed by atoms with Crippen LogP contribution in [0.5, 0.6) is 0 Å². The van der Waals surface area contributed by atoms with E-state index in [0.29, 0.717) is 18.8 Å². The Morgan fingerprint density at radius 2 is 2.00 bits per heavy atom. The number of nitrogens with one attached hydrogen (secondary N) is 1. The molecule has 0 radical (unpaired) electrons. The van der Waals surface area contributed by atoms with Crippen molar-refractivity contribution in [3.05, 3.63) is 47.9 Å². The summed E-state index contributed by atoms with van der Waals surface area (Å²) < 4.78 is 10.3. The van der Waals surface area contributed by atoms with Gasteiger partial charge in [-0.3, -0.25) is 5.41 Å². The Kier molecular flexibility index (Phi) is 4.43. The summed E-state index contributed by atoms with van der Waals surface area (Å²) in [4.78, 5) is 5.46.